The SMILES string of the molecule is Cc1ccc(S(=O)(=O)N2CC(C(=O)Nc3c(C)cc(C)cc3C)Oc3ccc(Cl)cc32)cc1. The molecule has 33 heavy (non-hydrogen) atoms. The maximum atomic E-state index is 13.5. The molecule has 4 rings (SSSR count). The fourth-order valence-corrected chi connectivity index (χ4v) is 5.64. The third-order valence-corrected chi connectivity index (χ3v) is 7.65. The van der Waals surface area contributed by atoms with Crippen molar-refractivity contribution in [1.82, 2.24) is 0 Å². The Balaban J connectivity index is 1.71. The first-order valence-corrected chi connectivity index (χ1v) is 12.3. The molecule has 0 saturated carbocycles. The van der Waals surface area contributed by atoms with Gasteiger partial charge in [-0.3, -0.25) is 9.10 Å². The number of hydrogen-bond donors (Lipinski definition) is 1. The Kier molecular flexibility index (Phi) is 6.12. The number of sulfonamides is 1. The van der Waals surface area contributed by atoms with Crippen molar-refractivity contribution in [2.45, 2.75) is 38.7 Å². The molecule has 1 aliphatic heterocycles. The van der Waals surface area contributed by atoms with Gasteiger partial charge in [0.05, 0.1) is 17.1 Å². The van der Waals surface area contributed by atoms with E-state index in [9.17, 15) is 13.2 Å². The fourth-order valence-electron chi connectivity index (χ4n) is 4.01. The Bertz CT molecular complexity index is 1310. The molecule has 1 unspecified atom stereocenters. The van der Waals surface area contributed by atoms with Crippen molar-refractivity contribution in [1.29, 1.82) is 0 Å². The van der Waals surface area contributed by atoms with Crippen molar-refractivity contribution in [2.24, 2.45) is 0 Å². The number of nitrogens with one attached hydrogen (secondary N) is 1. The highest BCUT2D eigenvalue weighted by atomic mass is 35.5. The number of hydrogen-bond acceptors (Lipinski definition) is 4. The van der Waals surface area contributed by atoms with Gasteiger partial charge in [0.15, 0.2) is 6.10 Å². The molecule has 0 aromatic heterocycles. The second-order valence-electron chi connectivity index (χ2n) is 8.33. The second kappa shape index (κ2) is 8.72. The number of halogens is 1. The zero-order chi connectivity index (χ0) is 23.9. The van der Waals surface area contributed by atoms with Crippen LogP contribution in [0.15, 0.2) is 59.5 Å². The minimum absolute atomic E-state index is 0.130. The molecule has 0 spiro atoms. The van der Waals surface area contributed by atoms with E-state index in [0.29, 0.717) is 16.4 Å². The summed E-state index contributed by atoms with van der Waals surface area (Å²) in [4.78, 5) is 13.3. The van der Waals surface area contributed by atoms with Crippen molar-refractivity contribution in [3.8, 4) is 5.75 Å². The summed E-state index contributed by atoms with van der Waals surface area (Å²) in [6.45, 7) is 7.53. The van der Waals surface area contributed by atoms with Gasteiger partial charge < -0.3 is 10.1 Å². The van der Waals surface area contributed by atoms with Gasteiger partial charge in [0.2, 0.25) is 0 Å². The van der Waals surface area contributed by atoms with Gasteiger partial charge in [-0.1, -0.05) is 47.0 Å². The summed E-state index contributed by atoms with van der Waals surface area (Å²) >= 11 is 6.16. The topological polar surface area (TPSA) is 75.7 Å². The Morgan fingerprint density at radius 1 is 0.970 bits per heavy atom. The molecule has 8 heteroatoms. The smallest absolute Gasteiger partial charge is 0.267 e. The van der Waals surface area contributed by atoms with Gasteiger partial charge in [-0.15, -0.1) is 0 Å². The lowest BCUT2D eigenvalue weighted by Crippen LogP contribution is -2.49. The van der Waals surface area contributed by atoms with Gasteiger partial charge in [0, 0.05) is 10.7 Å². The molecule has 0 bridgehead atoms. The summed E-state index contributed by atoms with van der Waals surface area (Å²) in [5.74, 6) is -0.145. The van der Waals surface area contributed by atoms with E-state index in [1.165, 1.54) is 10.4 Å². The van der Waals surface area contributed by atoms with Crippen molar-refractivity contribution >= 4 is 38.9 Å². The monoisotopic (exact) mass is 484 g/mol. The van der Waals surface area contributed by atoms with E-state index >= 15 is 0 Å². The van der Waals surface area contributed by atoms with Crippen LogP contribution in [0.2, 0.25) is 5.02 Å². The van der Waals surface area contributed by atoms with Crippen molar-refractivity contribution in [2.75, 3.05) is 16.2 Å². The van der Waals surface area contributed by atoms with E-state index in [4.69, 9.17) is 16.3 Å². The number of rotatable bonds is 4. The lowest BCUT2D eigenvalue weighted by molar-refractivity contribution is -0.122. The molecule has 1 atom stereocenters. The zero-order valence-corrected chi connectivity index (χ0v) is 20.4. The fraction of sp³-hybridized carbons (Fsp3) is 0.240. The van der Waals surface area contributed by atoms with Gasteiger partial charge >= 0.3 is 0 Å². The van der Waals surface area contributed by atoms with Gasteiger partial charge in [-0.25, -0.2) is 8.42 Å². The Morgan fingerprint density at radius 2 is 1.61 bits per heavy atom. The van der Waals surface area contributed by atoms with Crippen LogP contribution in [0.4, 0.5) is 11.4 Å². The third kappa shape index (κ3) is 4.56. The van der Waals surface area contributed by atoms with Gasteiger partial charge in [0.25, 0.3) is 15.9 Å². The van der Waals surface area contributed by atoms with Crippen molar-refractivity contribution < 1.29 is 17.9 Å². The van der Waals surface area contributed by atoms with Gasteiger partial charge in [-0.05, 0) is 69.2 Å². The predicted octanol–water partition coefficient (Wildman–Crippen LogP) is 5.17. The first kappa shape index (κ1) is 23.1. The molecule has 1 N–H and O–H groups in total. The minimum Gasteiger partial charge on any atom is -0.476 e. The van der Waals surface area contributed by atoms with Crippen LogP contribution in [0.3, 0.4) is 0 Å². The van der Waals surface area contributed by atoms with Crippen molar-refractivity contribution in [3.05, 3.63) is 81.9 Å². The lowest BCUT2D eigenvalue weighted by Gasteiger charge is -2.35. The maximum absolute atomic E-state index is 13.5. The van der Waals surface area contributed by atoms with Crippen LogP contribution in [-0.2, 0) is 14.8 Å². The number of carbonyl (C=O) groups excluding carboxylic acids is 1. The van der Waals surface area contributed by atoms with Crippen LogP contribution in [0.5, 0.6) is 5.75 Å². The predicted molar refractivity (Wildman–Crippen MR) is 131 cm³/mol. The Hall–Kier alpha value is -3.03. The van der Waals surface area contributed by atoms with E-state index in [2.05, 4.69) is 5.32 Å². The average Bonchev–Trinajstić information content (AvgIpc) is 2.75. The van der Waals surface area contributed by atoms with Crippen LogP contribution in [0.25, 0.3) is 0 Å². The first-order valence-electron chi connectivity index (χ1n) is 10.5. The van der Waals surface area contributed by atoms with Crippen LogP contribution in [0, 0.1) is 27.7 Å². The van der Waals surface area contributed by atoms with Gasteiger partial charge in [0.1, 0.15) is 5.75 Å². The molecule has 0 saturated heterocycles. The van der Waals surface area contributed by atoms with Crippen molar-refractivity contribution in [3.63, 3.8) is 0 Å². The van der Waals surface area contributed by atoms with Crippen LogP contribution in [-0.4, -0.2) is 27.0 Å². The zero-order valence-electron chi connectivity index (χ0n) is 18.8. The van der Waals surface area contributed by atoms with E-state index in [0.717, 1.165) is 22.3 Å². The summed E-state index contributed by atoms with van der Waals surface area (Å²) in [6.07, 6.45) is -1.04. The minimum atomic E-state index is -3.96. The number of aryl methyl sites for hydroxylation is 4. The first-order chi connectivity index (χ1) is 15.6. The normalized spacial score (nSPS) is 15.5. The van der Waals surface area contributed by atoms with E-state index in [1.54, 1.807) is 36.4 Å². The molecule has 0 fully saturated rings. The second-order valence-corrected chi connectivity index (χ2v) is 10.6. The van der Waals surface area contributed by atoms with E-state index in [-0.39, 0.29) is 17.2 Å². The van der Waals surface area contributed by atoms with E-state index < -0.39 is 22.0 Å². The number of nitrogens with zero attached hydrogens (tertiary/aromatic N) is 1. The van der Waals surface area contributed by atoms with Gasteiger partial charge in [-0.2, -0.15) is 0 Å². The molecule has 1 aliphatic rings. The number of benzene rings is 3. The summed E-state index contributed by atoms with van der Waals surface area (Å²) in [7, 11) is -3.96. The van der Waals surface area contributed by atoms with Crippen LogP contribution >= 0.6 is 11.6 Å². The molecule has 0 radical (unpaired) electrons. The van der Waals surface area contributed by atoms with Crippen LogP contribution < -0.4 is 14.4 Å². The summed E-state index contributed by atoms with van der Waals surface area (Å²) in [5, 5.41) is 3.30. The van der Waals surface area contributed by atoms with Crippen LogP contribution in [0.1, 0.15) is 22.3 Å². The largest absolute Gasteiger partial charge is 0.476 e. The molecule has 0 aliphatic carbocycles. The average molecular weight is 485 g/mol. The molecule has 1 heterocycles. The standard InChI is InChI=1S/C25H25ClN2O4S/c1-15-5-8-20(9-6-15)33(30,31)28-14-23(32-22-10-7-19(26)13-21(22)28)25(29)27-24-17(3)11-16(2)12-18(24)4/h5-13,23H,14H2,1-4H3,(H,27,29). The molecular formula is C25H25ClN2O4S. The highest BCUT2D eigenvalue weighted by Gasteiger charge is 2.38. The molecule has 3 aromatic carbocycles. The number of fused-ring (bicyclic) bond motifs is 1. The number of amides is 1. The Labute approximate surface area is 199 Å². The molecule has 1 amide bonds. The number of carbonyl (C=O) groups is 1. The Morgan fingerprint density at radius 3 is 2.24 bits per heavy atom. The summed E-state index contributed by atoms with van der Waals surface area (Å²) in [6, 6.07) is 15.3. The van der Waals surface area contributed by atoms with E-state index in [1.807, 2.05) is 39.8 Å². The quantitative estimate of drug-likeness (QED) is 0.554. The molecule has 3 aromatic rings. The number of ether oxygens (including phenoxy) is 1. The molecular weight excluding hydrogens is 460 g/mol. The lowest BCUT2D eigenvalue weighted by atomic mass is 10.0. The molecule has 6 nitrogen and oxygen atoms in total. The molecule has 172 valence electrons. The third-order valence-electron chi connectivity index (χ3n) is 5.62. The highest BCUT2D eigenvalue weighted by Crippen LogP contribution is 2.39. The summed E-state index contributed by atoms with van der Waals surface area (Å²) in [5.41, 5.74) is 4.89. The number of anilines is 2. The highest BCUT2D eigenvalue weighted by molar-refractivity contribution is 7.92. The summed E-state index contributed by atoms with van der Waals surface area (Å²) < 4.78 is 34.2. The maximum Gasteiger partial charge on any atom is 0.267 e.